The summed E-state index contributed by atoms with van der Waals surface area (Å²) in [5.41, 5.74) is 1.31. The second-order valence-electron chi connectivity index (χ2n) is 9.88. The van der Waals surface area contributed by atoms with E-state index in [4.69, 9.17) is 23.7 Å². The van der Waals surface area contributed by atoms with Crippen LogP contribution >= 0.6 is 0 Å². The largest absolute Gasteiger partial charge is 0.493 e. The first kappa shape index (κ1) is 26.4. The van der Waals surface area contributed by atoms with Crippen LogP contribution in [0.4, 0.5) is 0 Å². The number of hydrogen-bond donors (Lipinski definition) is 0. The normalized spacial score (nSPS) is 11.6. The van der Waals surface area contributed by atoms with E-state index in [-0.39, 0.29) is 18.2 Å². The molecule has 0 N–H and O–H groups in total. The van der Waals surface area contributed by atoms with Gasteiger partial charge in [0.15, 0.2) is 18.1 Å². The van der Waals surface area contributed by atoms with Crippen molar-refractivity contribution in [1.82, 2.24) is 0 Å². The van der Waals surface area contributed by atoms with Crippen molar-refractivity contribution >= 4 is 5.97 Å². The smallest absolute Gasteiger partial charge is 0.344 e. The van der Waals surface area contributed by atoms with Crippen LogP contribution in [0.15, 0.2) is 36.4 Å². The van der Waals surface area contributed by atoms with E-state index in [0.717, 1.165) is 36.1 Å². The van der Waals surface area contributed by atoms with E-state index in [2.05, 4.69) is 6.07 Å². The number of carbonyl (C=O) groups is 1. The van der Waals surface area contributed by atoms with Gasteiger partial charge in [0, 0.05) is 0 Å². The van der Waals surface area contributed by atoms with Crippen LogP contribution in [0.2, 0.25) is 0 Å². The number of rotatable bonds is 10. The highest BCUT2D eigenvalue weighted by Crippen LogP contribution is 2.42. The fourth-order valence-electron chi connectivity index (χ4n) is 3.34. The Kier molecular flexibility index (Phi) is 9.03. The number of aryl methyl sites for hydroxylation is 2. The fraction of sp³-hybridized carbons (Fsp3) is 0.519. The molecule has 0 aliphatic heterocycles. The number of carbonyl (C=O) groups excluding carboxylic acids is 1. The van der Waals surface area contributed by atoms with Crippen molar-refractivity contribution in [2.45, 2.75) is 72.0 Å². The van der Waals surface area contributed by atoms with Crippen molar-refractivity contribution in [3.8, 4) is 23.0 Å². The fourth-order valence-corrected chi connectivity index (χ4v) is 3.34. The molecule has 6 nitrogen and oxygen atoms in total. The summed E-state index contributed by atoms with van der Waals surface area (Å²) in [5, 5.41) is 0. The van der Waals surface area contributed by atoms with E-state index >= 15 is 0 Å². The van der Waals surface area contributed by atoms with Gasteiger partial charge in [-0.2, -0.15) is 0 Å². The molecule has 6 heteroatoms. The summed E-state index contributed by atoms with van der Waals surface area (Å²) < 4.78 is 28.2. The maximum atomic E-state index is 11.9. The maximum absolute atomic E-state index is 11.9. The van der Waals surface area contributed by atoms with Gasteiger partial charge in [-0.25, -0.2) is 4.79 Å². The number of methoxy groups -OCH3 is 2. The monoisotopic (exact) mass is 458 g/mol. The van der Waals surface area contributed by atoms with Gasteiger partial charge in [0.05, 0.1) is 14.2 Å². The van der Waals surface area contributed by atoms with Gasteiger partial charge in [-0.1, -0.05) is 18.2 Å². The van der Waals surface area contributed by atoms with Crippen LogP contribution in [0.5, 0.6) is 23.0 Å². The van der Waals surface area contributed by atoms with Crippen LogP contribution in [-0.4, -0.2) is 38.0 Å². The quantitative estimate of drug-likeness (QED) is 0.421. The molecule has 182 valence electrons. The maximum Gasteiger partial charge on any atom is 0.344 e. The van der Waals surface area contributed by atoms with Crippen LogP contribution in [0, 0.1) is 0 Å². The summed E-state index contributed by atoms with van der Waals surface area (Å²) in [7, 11) is 3.25. The molecule has 0 saturated carbocycles. The lowest BCUT2D eigenvalue weighted by molar-refractivity contribution is -0.157. The van der Waals surface area contributed by atoms with E-state index in [9.17, 15) is 4.79 Å². The zero-order chi connectivity index (χ0) is 24.6. The molecule has 0 heterocycles. The summed E-state index contributed by atoms with van der Waals surface area (Å²) in [6.45, 7) is 11.4. The summed E-state index contributed by atoms with van der Waals surface area (Å²) >= 11 is 0. The molecule has 0 atom stereocenters. The van der Waals surface area contributed by atoms with Gasteiger partial charge < -0.3 is 23.7 Å². The van der Waals surface area contributed by atoms with Gasteiger partial charge in [-0.05, 0) is 90.1 Å². The van der Waals surface area contributed by atoms with Gasteiger partial charge in [0.2, 0.25) is 5.75 Å². The topological polar surface area (TPSA) is 63.2 Å². The molecule has 0 unspecified atom stereocenters. The first-order chi connectivity index (χ1) is 15.4. The highest BCUT2D eigenvalue weighted by atomic mass is 16.6. The van der Waals surface area contributed by atoms with Gasteiger partial charge >= 0.3 is 5.97 Å². The number of hydrogen-bond acceptors (Lipinski definition) is 6. The minimum absolute atomic E-state index is 0.111. The molecule has 2 aromatic carbocycles. The summed E-state index contributed by atoms with van der Waals surface area (Å²) in [5.74, 6) is 2.26. The Morgan fingerprint density at radius 3 is 2.18 bits per heavy atom. The second-order valence-corrected chi connectivity index (χ2v) is 9.88. The highest BCUT2D eigenvalue weighted by molar-refractivity contribution is 5.71. The standard InChI is InChI=1S/C27H38O6/c1-26(2,3)32-23(28)18-31-21-14-10-12-19(17-21)11-9-13-20-15-16-22(29-7)25(30-8)24(20)33-27(4,5)6/h10,12,14-17H,9,11,13,18H2,1-8H3. The van der Waals surface area contributed by atoms with Crippen molar-refractivity contribution in [2.75, 3.05) is 20.8 Å². The molecule has 2 rings (SSSR count). The summed E-state index contributed by atoms with van der Waals surface area (Å²) in [6.07, 6.45) is 2.58. The van der Waals surface area contributed by atoms with E-state index in [0.29, 0.717) is 17.2 Å². The Hall–Kier alpha value is -2.89. The molecule has 0 saturated heterocycles. The molecule has 0 amide bonds. The van der Waals surface area contributed by atoms with Crippen molar-refractivity contribution in [2.24, 2.45) is 0 Å². The van der Waals surface area contributed by atoms with Gasteiger partial charge in [-0.3, -0.25) is 0 Å². The van der Waals surface area contributed by atoms with Crippen LogP contribution in [0.25, 0.3) is 0 Å². The summed E-state index contributed by atoms with van der Waals surface area (Å²) in [4.78, 5) is 11.9. The third-order valence-electron chi connectivity index (χ3n) is 4.58. The molecule has 0 aliphatic carbocycles. The Labute approximate surface area is 198 Å². The molecule has 2 aromatic rings. The van der Waals surface area contributed by atoms with Crippen LogP contribution in [0.1, 0.15) is 59.1 Å². The first-order valence-electron chi connectivity index (χ1n) is 11.3. The SMILES string of the molecule is COc1ccc(CCCc2cccc(OCC(=O)OC(C)(C)C)c2)c(OC(C)(C)C)c1OC. The molecule has 0 aromatic heterocycles. The van der Waals surface area contributed by atoms with Gasteiger partial charge in [0.25, 0.3) is 0 Å². The van der Waals surface area contributed by atoms with Crippen molar-refractivity contribution in [3.63, 3.8) is 0 Å². The van der Waals surface area contributed by atoms with Gasteiger partial charge in [-0.15, -0.1) is 0 Å². The van der Waals surface area contributed by atoms with Crippen molar-refractivity contribution in [1.29, 1.82) is 0 Å². The second kappa shape index (κ2) is 11.3. The highest BCUT2D eigenvalue weighted by Gasteiger charge is 2.22. The van der Waals surface area contributed by atoms with E-state index < -0.39 is 5.60 Å². The first-order valence-corrected chi connectivity index (χ1v) is 11.3. The molecule has 0 aliphatic rings. The van der Waals surface area contributed by atoms with E-state index in [1.54, 1.807) is 14.2 Å². The Morgan fingerprint density at radius 1 is 0.848 bits per heavy atom. The average molecular weight is 459 g/mol. The average Bonchev–Trinajstić information content (AvgIpc) is 2.71. The van der Waals surface area contributed by atoms with E-state index in [1.165, 1.54) is 0 Å². The Balaban J connectivity index is 2.04. The lowest BCUT2D eigenvalue weighted by atomic mass is 10.0. The van der Waals surface area contributed by atoms with Crippen LogP contribution in [0.3, 0.4) is 0 Å². The van der Waals surface area contributed by atoms with Crippen LogP contribution in [-0.2, 0) is 22.4 Å². The molecular formula is C27H38O6. The lowest BCUT2D eigenvalue weighted by Crippen LogP contribution is -2.27. The molecule has 33 heavy (non-hydrogen) atoms. The summed E-state index contributed by atoms with van der Waals surface area (Å²) in [6, 6.07) is 11.7. The van der Waals surface area contributed by atoms with Crippen molar-refractivity contribution in [3.05, 3.63) is 47.5 Å². The van der Waals surface area contributed by atoms with Gasteiger partial charge in [0.1, 0.15) is 17.0 Å². The molecule has 0 spiro atoms. The zero-order valence-electron chi connectivity index (χ0n) is 21.2. The van der Waals surface area contributed by atoms with Crippen LogP contribution < -0.4 is 18.9 Å². The predicted octanol–water partition coefficient (Wildman–Crippen LogP) is 5.78. The Bertz CT molecular complexity index is 921. The number of benzene rings is 2. The predicted molar refractivity (Wildman–Crippen MR) is 130 cm³/mol. The molecule has 0 bridgehead atoms. The molecule has 0 fully saturated rings. The minimum Gasteiger partial charge on any atom is -0.493 e. The third-order valence-corrected chi connectivity index (χ3v) is 4.58. The lowest BCUT2D eigenvalue weighted by Gasteiger charge is -2.25. The number of esters is 1. The zero-order valence-corrected chi connectivity index (χ0v) is 21.2. The minimum atomic E-state index is -0.526. The molecular weight excluding hydrogens is 420 g/mol. The number of ether oxygens (including phenoxy) is 5. The molecule has 0 radical (unpaired) electrons. The van der Waals surface area contributed by atoms with Crippen molar-refractivity contribution < 1.29 is 28.5 Å². The van der Waals surface area contributed by atoms with E-state index in [1.807, 2.05) is 71.9 Å². The third kappa shape index (κ3) is 8.87. The Morgan fingerprint density at radius 2 is 1.58 bits per heavy atom.